The Balaban J connectivity index is 1.94. The van der Waals surface area contributed by atoms with Crippen LogP contribution in [0.1, 0.15) is 0 Å². The Hall–Kier alpha value is -2.96. The van der Waals surface area contributed by atoms with Crippen molar-refractivity contribution in [1.29, 1.82) is 0 Å². The van der Waals surface area contributed by atoms with Gasteiger partial charge in [0.25, 0.3) is 0 Å². The molecule has 1 aromatic heterocycles. The molecule has 0 amide bonds. The molecule has 1 N–H and O–H groups in total. The molecule has 118 valence electrons. The fourth-order valence-corrected chi connectivity index (χ4v) is 2.19. The van der Waals surface area contributed by atoms with Crippen LogP contribution < -0.4 is 10.1 Å². The summed E-state index contributed by atoms with van der Waals surface area (Å²) < 4.78 is 18.5. The Morgan fingerprint density at radius 3 is 2.70 bits per heavy atom. The molecule has 1 aliphatic rings. The predicted octanol–water partition coefficient (Wildman–Crippen LogP) is 2.52. The fraction of sp³-hybridized carbons (Fsp3) is 0.188. The van der Waals surface area contributed by atoms with Crippen molar-refractivity contribution in [2.75, 3.05) is 26.1 Å². The Morgan fingerprint density at radius 1 is 1.26 bits per heavy atom. The summed E-state index contributed by atoms with van der Waals surface area (Å²) in [5, 5.41) is 3.22. The zero-order chi connectivity index (χ0) is 16.2. The van der Waals surface area contributed by atoms with E-state index in [1.807, 2.05) is 42.4 Å². The highest BCUT2D eigenvalue weighted by Crippen LogP contribution is 2.34. The van der Waals surface area contributed by atoms with E-state index in [1.165, 1.54) is 0 Å². The fourth-order valence-electron chi connectivity index (χ4n) is 2.19. The number of para-hydroxylation sites is 1. The molecular weight excluding hydrogens is 297 g/mol. The van der Waals surface area contributed by atoms with E-state index >= 15 is 0 Å². The van der Waals surface area contributed by atoms with E-state index in [2.05, 4.69) is 20.3 Å². The summed E-state index contributed by atoms with van der Waals surface area (Å²) in [6, 6.07) is 5.55. The van der Waals surface area contributed by atoms with Crippen LogP contribution in [0.4, 0.5) is 10.1 Å². The Kier molecular flexibility index (Phi) is 4.18. The standard InChI is InChI=1S/C16H16FN5O/c1-22-7-6-14(20-10-22)21-13-5-3-4-12(15(13)23-2)16-18-8-11(17)9-19-16/h3-9H,10H2,1-2H3,(H,20,21). The van der Waals surface area contributed by atoms with E-state index in [0.29, 0.717) is 23.8 Å². The largest absolute Gasteiger partial charge is 0.494 e. The van der Waals surface area contributed by atoms with Crippen LogP contribution in [0.5, 0.6) is 5.75 Å². The third kappa shape index (κ3) is 3.28. The molecule has 0 unspecified atom stereocenters. The quantitative estimate of drug-likeness (QED) is 0.943. The van der Waals surface area contributed by atoms with Gasteiger partial charge in [-0.25, -0.2) is 19.4 Å². The predicted molar refractivity (Wildman–Crippen MR) is 86.8 cm³/mol. The lowest BCUT2D eigenvalue weighted by molar-refractivity contribution is 0.418. The van der Waals surface area contributed by atoms with Gasteiger partial charge in [-0.05, 0) is 18.2 Å². The lowest BCUT2D eigenvalue weighted by atomic mass is 10.1. The number of aromatic nitrogens is 2. The molecule has 6 nitrogen and oxygen atoms in total. The first kappa shape index (κ1) is 15.0. The number of halogens is 1. The number of nitrogens with zero attached hydrogens (tertiary/aromatic N) is 4. The number of aliphatic imine (C=N–C) groups is 1. The van der Waals surface area contributed by atoms with Gasteiger partial charge in [0.05, 0.1) is 30.8 Å². The van der Waals surface area contributed by atoms with Gasteiger partial charge in [0.15, 0.2) is 17.4 Å². The van der Waals surface area contributed by atoms with Crippen LogP contribution in [0.3, 0.4) is 0 Å². The lowest BCUT2D eigenvalue weighted by Gasteiger charge is -2.19. The number of amidine groups is 1. The minimum atomic E-state index is -0.479. The zero-order valence-corrected chi connectivity index (χ0v) is 12.8. The number of rotatable bonds is 3. The molecule has 0 atom stereocenters. The topological polar surface area (TPSA) is 62.6 Å². The maximum Gasteiger partial charge on any atom is 0.163 e. The molecule has 1 aliphatic heterocycles. The lowest BCUT2D eigenvalue weighted by Crippen LogP contribution is -2.21. The van der Waals surface area contributed by atoms with E-state index < -0.39 is 5.82 Å². The number of ether oxygens (including phenoxy) is 1. The van der Waals surface area contributed by atoms with Gasteiger partial charge in [0.2, 0.25) is 0 Å². The van der Waals surface area contributed by atoms with Gasteiger partial charge in [0.1, 0.15) is 12.5 Å². The summed E-state index contributed by atoms with van der Waals surface area (Å²) >= 11 is 0. The SMILES string of the molecule is COc1c(NC2=NCN(C)C=C2)cccc1-c1ncc(F)cn1. The average Bonchev–Trinajstić information content (AvgIpc) is 2.57. The second-order valence-corrected chi connectivity index (χ2v) is 4.99. The summed E-state index contributed by atoms with van der Waals surface area (Å²) in [6.07, 6.45) is 6.08. The minimum Gasteiger partial charge on any atom is -0.494 e. The van der Waals surface area contributed by atoms with Crippen molar-refractivity contribution in [3.05, 3.63) is 48.7 Å². The van der Waals surface area contributed by atoms with Crippen LogP contribution in [-0.2, 0) is 0 Å². The monoisotopic (exact) mass is 313 g/mol. The van der Waals surface area contributed by atoms with E-state index in [0.717, 1.165) is 23.9 Å². The molecule has 0 aliphatic carbocycles. The Bertz CT molecular complexity index is 758. The molecule has 7 heteroatoms. The van der Waals surface area contributed by atoms with Crippen molar-refractivity contribution in [1.82, 2.24) is 14.9 Å². The van der Waals surface area contributed by atoms with Crippen LogP contribution in [-0.4, -0.2) is 41.5 Å². The molecule has 0 saturated carbocycles. The highest BCUT2D eigenvalue weighted by molar-refractivity contribution is 6.05. The summed E-state index contributed by atoms with van der Waals surface area (Å²) in [4.78, 5) is 14.4. The molecule has 0 bridgehead atoms. The molecule has 2 aromatic rings. The van der Waals surface area contributed by atoms with Crippen LogP contribution in [0.15, 0.2) is 47.9 Å². The third-order valence-electron chi connectivity index (χ3n) is 3.29. The highest BCUT2D eigenvalue weighted by Gasteiger charge is 2.14. The summed E-state index contributed by atoms with van der Waals surface area (Å²) in [7, 11) is 3.52. The molecule has 0 radical (unpaired) electrons. The van der Waals surface area contributed by atoms with Crippen LogP contribution in [0.2, 0.25) is 0 Å². The maximum atomic E-state index is 13.0. The normalized spacial score (nSPS) is 13.7. The van der Waals surface area contributed by atoms with Crippen molar-refractivity contribution in [3.8, 4) is 17.1 Å². The van der Waals surface area contributed by atoms with Gasteiger partial charge in [-0.2, -0.15) is 0 Å². The smallest absolute Gasteiger partial charge is 0.163 e. The van der Waals surface area contributed by atoms with Crippen LogP contribution in [0, 0.1) is 5.82 Å². The molecule has 1 aromatic carbocycles. The summed E-state index contributed by atoms with van der Waals surface area (Å²) in [5.41, 5.74) is 1.42. The average molecular weight is 313 g/mol. The summed E-state index contributed by atoms with van der Waals surface area (Å²) in [6.45, 7) is 0.585. The first-order chi connectivity index (χ1) is 11.2. The van der Waals surface area contributed by atoms with Crippen molar-refractivity contribution in [2.45, 2.75) is 0 Å². The summed E-state index contributed by atoms with van der Waals surface area (Å²) in [5.74, 6) is 1.23. The highest BCUT2D eigenvalue weighted by atomic mass is 19.1. The number of hydrogen-bond acceptors (Lipinski definition) is 6. The molecule has 0 saturated heterocycles. The van der Waals surface area contributed by atoms with E-state index in [4.69, 9.17) is 4.74 Å². The second-order valence-electron chi connectivity index (χ2n) is 4.99. The maximum absolute atomic E-state index is 13.0. The molecule has 23 heavy (non-hydrogen) atoms. The van der Waals surface area contributed by atoms with Gasteiger partial charge in [0, 0.05) is 13.2 Å². The van der Waals surface area contributed by atoms with E-state index in [1.54, 1.807) is 7.11 Å². The van der Waals surface area contributed by atoms with Crippen molar-refractivity contribution in [3.63, 3.8) is 0 Å². The molecule has 2 heterocycles. The number of benzene rings is 1. The van der Waals surface area contributed by atoms with Crippen LogP contribution in [0.25, 0.3) is 11.4 Å². The minimum absolute atomic E-state index is 0.396. The van der Waals surface area contributed by atoms with Gasteiger partial charge in [-0.15, -0.1) is 0 Å². The number of anilines is 1. The molecular formula is C16H16FN5O. The second kappa shape index (κ2) is 6.43. The first-order valence-corrected chi connectivity index (χ1v) is 7.02. The Morgan fingerprint density at radius 2 is 2.04 bits per heavy atom. The van der Waals surface area contributed by atoms with Gasteiger partial charge >= 0.3 is 0 Å². The molecule has 0 fully saturated rings. The number of methoxy groups -OCH3 is 1. The third-order valence-corrected chi connectivity index (χ3v) is 3.29. The zero-order valence-electron chi connectivity index (χ0n) is 12.8. The van der Waals surface area contributed by atoms with Crippen molar-refractivity contribution < 1.29 is 9.13 Å². The number of hydrogen-bond donors (Lipinski definition) is 1. The van der Waals surface area contributed by atoms with Gasteiger partial charge in [-0.3, -0.25) is 0 Å². The van der Waals surface area contributed by atoms with Crippen LogP contribution >= 0.6 is 0 Å². The first-order valence-electron chi connectivity index (χ1n) is 7.02. The Labute approximate surface area is 133 Å². The van der Waals surface area contributed by atoms with Gasteiger partial charge in [-0.1, -0.05) is 6.07 Å². The van der Waals surface area contributed by atoms with E-state index in [9.17, 15) is 4.39 Å². The number of nitrogens with one attached hydrogen (secondary N) is 1. The van der Waals surface area contributed by atoms with Crippen molar-refractivity contribution >= 4 is 11.5 Å². The van der Waals surface area contributed by atoms with E-state index in [-0.39, 0.29) is 0 Å². The van der Waals surface area contributed by atoms with Crippen molar-refractivity contribution in [2.24, 2.45) is 4.99 Å². The van der Waals surface area contributed by atoms with Gasteiger partial charge < -0.3 is 15.0 Å². The molecule has 0 spiro atoms. The molecule has 3 rings (SSSR count).